The van der Waals surface area contributed by atoms with Crippen LogP contribution in [0, 0.1) is 0 Å². The zero-order chi connectivity index (χ0) is 24.5. The Morgan fingerprint density at radius 1 is 0.800 bits per heavy atom. The van der Waals surface area contributed by atoms with Crippen LogP contribution in [-0.2, 0) is 14.3 Å². The lowest BCUT2D eigenvalue weighted by molar-refractivity contribution is -0.117. The molecular formula is C28H26O7. The number of rotatable bonds is 5. The van der Waals surface area contributed by atoms with Crippen molar-refractivity contribution in [2.45, 2.75) is 44.4 Å². The molecule has 1 heterocycles. The highest BCUT2D eigenvalue weighted by molar-refractivity contribution is 6.05. The topological polar surface area (TPSA) is 88.1 Å². The van der Waals surface area contributed by atoms with E-state index in [1.165, 1.54) is 14.2 Å². The molecule has 0 saturated carbocycles. The molecule has 0 bridgehead atoms. The second kappa shape index (κ2) is 9.41. The van der Waals surface area contributed by atoms with Crippen LogP contribution in [0.15, 0.2) is 65.1 Å². The van der Waals surface area contributed by atoms with Crippen molar-refractivity contribution in [2.24, 2.45) is 0 Å². The van der Waals surface area contributed by atoms with Crippen LogP contribution in [0.3, 0.4) is 0 Å². The van der Waals surface area contributed by atoms with Crippen molar-refractivity contribution in [3.8, 4) is 17.2 Å². The van der Waals surface area contributed by atoms with Crippen molar-refractivity contribution in [2.75, 3.05) is 14.2 Å². The van der Waals surface area contributed by atoms with Gasteiger partial charge >= 0.3 is 5.97 Å². The molecule has 0 unspecified atom stereocenters. The van der Waals surface area contributed by atoms with E-state index in [0.29, 0.717) is 59.8 Å². The smallest absolute Gasteiger partial charge is 0.347 e. The van der Waals surface area contributed by atoms with Gasteiger partial charge in [-0.05, 0) is 42.7 Å². The number of hydrogen-bond acceptors (Lipinski definition) is 7. The highest BCUT2D eigenvalue weighted by Gasteiger charge is 2.42. The molecule has 2 aromatic rings. The molecule has 0 atom stereocenters. The van der Waals surface area contributed by atoms with Gasteiger partial charge in [0.05, 0.1) is 14.2 Å². The molecule has 0 radical (unpaired) electrons. The number of ether oxygens (including phenoxy) is 4. The number of ketones is 2. The Balaban J connectivity index is 1.54. The predicted molar refractivity (Wildman–Crippen MR) is 127 cm³/mol. The van der Waals surface area contributed by atoms with Crippen molar-refractivity contribution in [3.05, 3.63) is 76.3 Å². The SMILES string of the molecule is COc1cc(C2C3=C(CCCC3=O)OC3=C2C(=O)CCC3)ccc1OC(=O)c1ccccc1OC. The lowest BCUT2D eigenvalue weighted by Crippen LogP contribution is -2.30. The maximum absolute atomic E-state index is 13.0. The molecule has 2 aliphatic carbocycles. The summed E-state index contributed by atoms with van der Waals surface area (Å²) < 4.78 is 22.5. The van der Waals surface area contributed by atoms with E-state index in [-0.39, 0.29) is 22.9 Å². The third kappa shape index (κ3) is 4.11. The average molecular weight is 475 g/mol. The molecule has 7 heteroatoms. The number of hydrogen-bond donors (Lipinski definition) is 0. The first-order valence-electron chi connectivity index (χ1n) is 11.7. The molecule has 3 aliphatic rings. The van der Waals surface area contributed by atoms with Gasteiger partial charge in [0.1, 0.15) is 22.8 Å². The molecule has 0 fully saturated rings. The quantitative estimate of drug-likeness (QED) is 0.443. The molecule has 180 valence electrons. The Morgan fingerprint density at radius 2 is 1.43 bits per heavy atom. The van der Waals surface area contributed by atoms with Gasteiger partial charge in [-0.25, -0.2) is 4.79 Å². The third-order valence-corrected chi connectivity index (χ3v) is 6.69. The number of carbonyl (C=O) groups excluding carboxylic acids is 3. The van der Waals surface area contributed by atoms with Crippen LogP contribution < -0.4 is 14.2 Å². The fourth-order valence-corrected chi connectivity index (χ4v) is 5.07. The largest absolute Gasteiger partial charge is 0.496 e. The number of methoxy groups -OCH3 is 2. The number of esters is 1. The second-order valence-corrected chi connectivity index (χ2v) is 8.76. The summed E-state index contributed by atoms with van der Waals surface area (Å²) in [5, 5.41) is 0. The van der Waals surface area contributed by atoms with Crippen LogP contribution in [0.5, 0.6) is 17.2 Å². The number of allylic oxidation sites excluding steroid dienone is 4. The first kappa shape index (κ1) is 22.9. The molecular weight excluding hydrogens is 448 g/mol. The Hall–Kier alpha value is -3.87. The van der Waals surface area contributed by atoms with Gasteiger partial charge in [-0.1, -0.05) is 18.2 Å². The molecule has 0 saturated heterocycles. The van der Waals surface area contributed by atoms with E-state index in [1.807, 2.05) is 0 Å². The van der Waals surface area contributed by atoms with E-state index < -0.39 is 11.9 Å². The molecule has 1 aliphatic heterocycles. The van der Waals surface area contributed by atoms with Crippen molar-refractivity contribution in [3.63, 3.8) is 0 Å². The summed E-state index contributed by atoms with van der Waals surface area (Å²) in [6.07, 6.45) is 3.69. The van der Waals surface area contributed by atoms with Crippen LogP contribution in [-0.4, -0.2) is 31.8 Å². The molecule has 0 aromatic heterocycles. The van der Waals surface area contributed by atoms with Gasteiger partial charge in [0.25, 0.3) is 0 Å². The molecule has 2 aromatic carbocycles. The molecule has 0 N–H and O–H groups in total. The number of benzene rings is 2. The summed E-state index contributed by atoms with van der Waals surface area (Å²) in [5.41, 5.74) is 2.14. The molecule has 0 amide bonds. The van der Waals surface area contributed by atoms with Gasteiger partial charge in [0.15, 0.2) is 23.1 Å². The standard InChI is InChI=1S/C28H26O7/c1-32-20-10-4-3-7-17(20)28(31)35-21-14-13-16(15-24(21)33-2)25-26-18(29)8-5-11-22(26)34-23-12-6-9-19(30)27(23)25/h3-4,7,10,13-15,25H,5-6,8-9,11-12H2,1-2H3. The van der Waals surface area contributed by atoms with Gasteiger partial charge in [0.2, 0.25) is 0 Å². The highest BCUT2D eigenvalue weighted by atomic mass is 16.6. The molecule has 7 nitrogen and oxygen atoms in total. The van der Waals surface area contributed by atoms with Gasteiger partial charge < -0.3 is 18.9 Å². The van der Waals surface area contributed by atoms with Crippen molar-refractivity contribution in [1.29, 1.82) is 0 Å². The number of Topliss-reactive ketones (excluding diaryl/α,β-unsaturated/α-hetero) is 2. The number of carbonyl (C=O) groups is 3. The van der Waals surface area contributed by atoms with Gasteiger partial charge in [0, 0.05) is 42.7 Å². The Bertz CT molecular complexity index is 1240. The first-order chi connectivity index (χ1) is 17.0. The van der Waals surface area contributed by atoms with Gasteiger partial charge in [-0.15, -0.1) is 0 Å². The van der Waals surface area contributed by atoms with E-state index in [4.69, 9.17) is 18.9 Å². The van der Waals surface area contributed by atoms with Crippen LogP contribution in [0.4, 0.5) is 0 Å². The zero-order valence-corrected chi connectivity index (χ0v) is 19.7. The van der Waals surface area contributed by atoms with Gasteiger partial charge in [-0.3, -0.25) is 9.59 Å². The van der Waals surface area contributed by atoms with Crippen LogP contribution in [0.1, 0.15) is 60.4 Å². The molecule has 35 heavy (non-hydrogen) atoms. The first-order valence-corrected chi connectivity index (χ1v) is 11.7. The van der Waals surface area contributed by atoms with E-state index >= 15 is 0 Å². The van der Waals surface area contributed by atoms with E-state index in [9.17, 15) is 14.4 Å². The van der Waals surface area contributed by atoms with Crippen LogP contribution in [0.2, 0.25) is 0 Å². The Kier molecular flexibility index (Phi) is 6.16. The monoisotopic (exact) mass is 474 g/mol. The minimum Gasteiger partial charge on any atom is -0.496 e. The van der Waals surface area contributed by atoms with Crippen molar-refractivity contribution >= 4 is 17.5 Å². The fraction of sp³-hybridized carbons (Fsp3) is 0.321. The predicted octanol–water partition coefficient (Wildman–Crippen LogP) is 5.05. The van der Waals surface area contributed by atoms with E-state index in [2.05, 4.69) is 0 Å². The molecule has 0 spiro atoms. The lowest BCUT2D eigenvalue weighted by atomic mass is 9.73. The maximum atomic E-state index is 13.0. The average Bonchev–Trinajstić information content (AvgIpc) is 2.88. The normalized spacial score (nSPS) is 18.0. The van der Waals surface area contributed by atoms with Crippen molar-refractivity contribution < 1.29 is 33.3 Å². The lowest BCUT2D eigenvalue weighted by Gasteiger charge is -2.36. The Labute approximate surface area is 203 Å². The van der Waals surface area contributed by atoms with Gasteiger partial charge in [-0.2, -0.15) is 0 Å². The summed E-state index contributed by atoms with van der Waals surface area (Å²) in [6, 6.07) is 11.9. The van der Waals surface area contributed by atoms with Crippen LogP contribution in [0.25, 0.3) is 0 Å². The maximum Gasteiger partial charge on any atom is 0.347 e. The fourth-order valence-electron chi connectivity index (χ4n) is 5.07. The van der Waals surface area contributed by atoms with Crippen LogP contribution >= 0.6 is 0 Å². The minimum atomic E-state index is -0.584. The second-order valence-electron chi connectivity index (χ2n) is 8.76. The third-order valence-electron chi connectivity index (χ3n) is 6.69. The summed E-state index contributed by atoms with van der Waals surface area (Å²) in [4.78, 5) is 38.8. The minimum absolute atomic E-state index is 0.00631. The molecule has 5 rings (SSSR count). The summed E-state index contributed by atoms with van der Waals surface area (Å²) in [5.74, 6) is 1.22. The zero-order valence-electron chi connectivity index (χ0n) is 19.7. The highest BCUT2D eigenvalue weighted by Crippen LogP contribution is 2.48. The van der Waals surface area contributed by atoms with E-state index in [0.717, 1.165) is 18.4 Å². The number of para-hydroxylation sites is 1. The Morgan fingerprint density at radius 3 is 2.06 bits per heavy atom. The van der Waals surface area contributed by atoms with Crippen molar-refractivity contribution in [1.82, 2.24) is 0 Å². The summed E-state index contributed by atoms with van der Waals surface area (Å²) >= 11 is 0. The summed E-state index contributed by atoms with van der Waals surface area (Å²) in [7, 11) is 2.97. The summed E-state index contributed by atoms with van der Waals surface area (Å²) in [6.45, 7) is 0. The van der Waals surface area contributed by atoms with E-state index in [1.54, 1.807) is 42.5 Å².